The highest BCUT2D eigenvalue weighted by molar-refractivity contribution is 5.28. The Kier molecular flexibility index (Phi) is 3.62. The summed E-state index contributed by atoms with van der Waals surface area (Å²) < 4.78 is 13.4. The smallest absolute Gasteiger partial charge is 0.123 e. The van der Waals surface area contributed by atoms with Crippen LogP contribution in [-0.2, 0) is 6.42 Å². The zero-order valence-corrected chi connectivity index (χ0v) is 12.4. The molecule has 1 nitrogen and oxygen atoms in total. The molecular weight excluding hydrogens is 251 g/mol. The van der Waals surface area contributed by atoms with Crippen molar-refractivity contribution in [3.8, 4) is 0 Å². The Bertz CT molecular complexity index is 478. The minimum absolute atomic E-state index is 0.197. The van der Waals surface area contributed by atoms with E-state index < -0.39 is 5.60 Å². The third-order valence-corrected chi connectivity index (χ3v) is 5.74. The van der Waals surface area contributed by atoms with Gasteiger partial charge in [0.1, 0.15) is 5.82 Å². The number of aryl methyl sites for hydroxylation is 1. The lowest BCUT2D eigenvalue weighted by atomic mass is 9.66. The number of aliphatic hydroxyl groups is 1. The topological polar surface area (TPSA) is 20.2 Å². The van der Waals surface area contributed by atoms with Crippen LogP contribution >= 0.6 is 0 Å². The lowest BCUT2D eigenvalue weighted by Gasteiger charge is -2.42. The molecule has 2 aliphatic rings. The van der Waals surface area contributed by atoms with Crippen molar-refractivity contribution in [3.05, 3.63) is 35.1 Å². The fourth-order valence-electron chi connectivity index (χ4n) is 4.23. The molecule has 0 unspecified atom stereocenters. The third kappa shape index (κ3) is 2.76. The summed E-state index contributed by atoms with van der Waals surface area (Å²) in [5, 5.41) is 10.9. The van der Waals surface area contributed by atoms with Crippen LogP contribution < -0.4 is 0 Å². The van der Waals surface area contributed by atoms with Crippen LogP contribution in [0.25, 0.3) is 0 Å². The van der Waals surface area contributed by atoms with E-state index in [1.807, 2.05) is 13.0 Å². The summed E-state index contributed by atoms with van der Waals surface area (Å²) in [4.78, 5) is 0. The Hall–Kier alpha value is -0.890. The van der Waals surface area contributed by atoms with Crippen LogP contribution in [0, 0.1) is 18.2 Å². The molecule has 1 aromatic rings. The number of halogens is 1. The van der Waals surface area contributed by atoms with Gasteiger partial charge in [0.05, 0.1) is 5.60 Å². The Balaban J connectivity index is 1.70. The molecule has 0 radical (unpaired) electrons. The van der Waals surface area contributed by atoms with E-state index >= 15 is 0 Å². The summed E-state index contributed by atoms with van der Waals surface area (Å²) in [5.74, 6) is -0.197. The van der Waals surface area contributed by atoms with Gasteiger partial charge in [-0.25, -0.2) is 4.39 Å². The molecule has 2 aliphatic carbocycles. The number of benzene rings is 1. The monoisotopic (exact) mass is 276 g/mol. The number of rotatable bonds is 2. The summed E-state index contributed by atoms with van der Waals surface area (Å²) in [6, 6.07) is 4.90. The summed E-state index contributed by atoms with van der Waals surface area (Å²) in [6.07, 6.45) is 10.1. The summed E-state index contributed by atoms with van der Waals surface area (Å²) in [5.41, 5.74) is 1.96. The zero-order chi connectivity index (χ0) is 14.2. The molecule has 0 aromatic heterocycles. The molecule has 1 aromatic carbocycles. The van der Waals surface area contributed by atoms with Crippen molar-refractivity contribution >= 4 is 0 Å². The first-order chi connectivity index (χ1) is 9.50. The maximum absolute atomic E-state index is 13.4. The van der Waals surface area contributed by atoms with Crippen LogP contribution in [0.5, 0.6) is 0 Å². The average Bonchev–Trinajstić information content (AvgIpc) is 2.87. The van der Waals surface area contributed by atoms with Crippen LogP contribution in [0.15, 0.2) is 18.2 Å². The van der Waals surface area contributed by atoms with Crippen LogP contribution in [0.4, 0.5) is 4.39 Å². The van der Waals surface area contributed by atoms with Crippen LogP contribution in [0.1, 0.15) is 62.5 Å². The molecule has 2 fully saturated rings. The van der Waals surface area contributed by atoms with Crippen LogP contribution in [0.3, 0.4) is 0 Å². The van der Waals surface area contributed by atoms with Crippen molar-refractivity contribution in [2.45, 2.75) is 70.3 Å². The van der Waals surface area contributed by atoms with E-state index in [0.29, 0.717) is 11.8 Å². The van der Waals surface area contributed by atoms with Crippen molar-refractivity contribution in [2.24, 2.45) is 5.41 Å². The summed E-state index contributed by atoms with van der Waals surface area (Å²) >= 11 is 0. The first kappa shape index (κ1) is 14.1. The second-order valence-electron chi connectivity index (χ2n) is 7.18. The standard InChI is InChI=1S/C18H25FO/c1-14-4-5-16(19)12-15(14)13-18(20)10-8-17(9-11-18)6-2-3-7-17/h4-5,12,20H,2-3,6-11,13H2,1H3. The number of hydrogen-bond acceptors (Lipinski definition) is 1. The molecule has 0 amide bonds. The molecule has 0 aliphatic heterocycles. The lowest BCUT2D eigenvalue weighted by molar-refractivity contribution is -0.0323. The predicted octanol–water partition coefficient (Wildman–Crippen LogP) is 4.54. The minimum Gasteiger partial charge on any atom is -0.390 e. The third-order valence-electron chi connectivity index (χ3n) is 5.74. The van der Waals surface area contributed by atoms with Gasteiger partial charge in [0.25, 0.3) is 0 Å². The molecule has 3 rings (SSSR count). The molecule has 20 heavy (non-hydrogen) atoms. The van der Waals surface area contributed by atoms with Gasteiger partial charge < -0.3 is 5.11 Å². The van der Waals surface area contributed by atoms with Gasteiger partial charge in [0.15, 0.2) is 0 Å². The first-order valence-corrected chi connectivity index (χ1v) is 7.98. The molecule has 1 spiro atoms. The number of hydrogen-bond donors (Lipinski definition) is 1. The minimum atomic E-state index is -0.619. The summed E-state index contributed by atoms with van der Waals surface area (Å²) in [7, 11) is 0. The molecule has 0 heterocycles. The molecular formula is C18H25FO. The lowest BCUT2D eigenvalue weighted by Crippen LogP contribution is -2.40. The average molecular weight is 276 g/mol. The molecule has 0 saturated heterocycles. The predicted molar refractivity (Wildman–Crippen MR) is 79.2 cm³/mol. The Labute approximate surface area is 121 Å². The van der Waals surface area contributed by atoms with Crippen LogP contribution in [-0.4, -0.2) is 10.7 Å². The van der Waals surface area contributed by atoms with Crippen molar-refractivity contribution in [1.82, 2.24) is 0 Å². The fraction of sp³-hybridized carbons (Fsp3) is 0.667. The highest BCUT2D eigenvalue weighted by atomic mass is 19.1. The van der Waals surface area contributed by atoms with Crippen molar-refractivity contribution in [2.75, 3.05) is 0 Å². The highest BCUT2D eigenvalue weighted by Crippen LogP contribution is 2.51. The summed E-state index contributed by atoms with van der Waals surface area (Å²) in [6.45, 7) is 2.00. The van der Waals surface area contributed by atoms with Gasteiger partial charge >= 0.3 is 0 Å². The van der Waals surface area contributed by atoms with Crippen molar-refractivity contribution in [3.63, 3.8) is 0 Å². The molecule has 110 valence electrons. The molecule has 2 heteroatoms. The second-order valence-corrected chi connectivity index (χ2v) is 7.18. The van der Waals surface area contributed by atoms with E-state index in [0.717, 1.165) is 36.8 Å². The van der Waals surface area contributed by atoms with E-state index in [-0.39, 0.29) is 5.82 Å². The van der Waals surface area contributed by atoms with Gasteiger partial charge in [-0.1, -0.05) is 18.9 Å². The van der Waals surface area contributed by atoms with Gasteiger partial charge in [-0.05, 0) is 74.1 Å². The first-order valence-electron chi connectivity index (χ1n) is 7.98. The van der Waals surface area contributed by atoms with E-state index in [2.05, 4.69) is 0 Å². The van der Waals surface area contributed by atoms with Gasteiger partial charge in [0.2, 0.25) is 0 Å². The van der Waals surface area contributed by atoms with Crippen molar-refractivity contribution < 1.29 is 9.50 Å². The Morgan fingerprint density at radius 1 is 1.05 bits per heavy atom. The maximum atomic E-state index is 13.4. The molecule has 2 saturated carbocycles. The largest absolute Gasteiger partial charge is 0.390 e. The van der Waals surface area contributed by atoms with Gasteiger partial charge in [-0.2, -0.15) is 0 Å². The maximum Gasteiger partial charge on any atom is 0.123 e. The van der Waals surface area contributed by atoms with Gasteiger partial charge in [-0.3, -0.25) is 0 Å². The normalized spacial score (nSPS) is 24.1. The van der Waals surface area contributed by atoms with E-state index in [1.54, 1.807) is 6.07 Å². The molecule has 0 bridgehead atoms. The SMILES string of the molecule is Cc1ccc(F)cc1CC1(O)CCC2(CCCC2)CC1. The highest BCUT2D eigenvalue weighted by Gasteiger charge is 2.43. The van der Waals surface area contributed by atoms with Crippen LogP contribution in [0.2, 0.25) is 0 Å². The zero-order valence-electron chi connectivity index (χ0n) is 12.4. The van der Waals surface area contributed by atoms with Gasteiger partial charge in [-0.15, -0.1) is 0 Å². The van der Waals surface area contributed by atoms with E-state index in [4.69, 9.17) is 0 Å². The Morgan fingerprint density at radius 2 is 1.70 bits per heavy atom. The van der Waals surface area contributed by atoms with E-state index in [1.165, 1.54) is 31.7 Å². The van der Waals surface area contributed by atoms with Crippen molar-refractivity contribution in [1.29, 1.82) is 0 Å². The Morgan fingerprint density at radius 3 is 2.35 bits per heavy atom. The van der Waals surface area contributed by atoms with Gasteiger partial charge in [0, 0.05) is 6.42 Å². The molecule has 0 atom stereocenters. The second kappa shape index (κ2) is 5.14. The molecule has 1 N–H and O–H groups in total. The van der Waals surface area contributed by atoms with E-state index in [9.17, 15) is 9.50 Å². The quantitative estimate of drug-likeness (QED) is 0.840. The fourth-order valence-corrected chi connectivity index (χ4v) is 4.23.